The van der Waals surface area contributed by atoms with Crippen LogP contribution in [-0.2, 0) is 13.0 Å². The summed E-state index contributed by atoms with van der Waals surface area (Å²) in [6, 6.07) is 8.58. The van der Waals surface area contributed by atoms with Crippen LogP contribution in [0.2, 0.25) is 0 Å². The van der Waals surface area contributed by atoms with Gasteiger partial charge in [-0.05, 0) is 36.3 Å². The summed E-state index contributed by atoms with van der Waals surface area (Å²) in [5.74, 6) is 1.06. The standard InChI is InChI=1S/C18H23N5O/c24-18(19-12-16-11-15-3-1-2-4-17(15)16)22-8-5-14(6-9-22)13-23-10-7-20-21-23/h1-4,7,10,14,16H,5-6,8-9,11-13H2,(H,19,24)/t16-/m0/s1. The minimum Gasteiger partial charge on any atom is -0.337 e. The zero-order chi connectivity index (χ0) is 16.4. The van der Waals surface area contributed by atoms with Crippen LogP contribution in [-0.4, -0.2) is 45.6 Å². The summed E-state index contributed by atoms with van der Waals surface area (Å²) < 4.78 is 1.88. The topological polar surface area (TPSA) is 63.1 Å². The van der Waals surface area contributed by atoms with E-state index in [1.165, 1.54) is 11.1 Å². The number of aromatic nitrogens is 3. The van der Waals surface area contributed by atoms with Crippen LogP contribution in [0.25, 0.3) is 0 Å². The number of amides is 2. The summed E-state index contributed by atoms with van der Waals surface area (Å²) in [7, 11) is 0. The smallest absolute Gasteiger partial charge is 0.317 e. The number of urea groups is 1. The van der Waals surface area contributed by atoms with Crippen molar-refractivity contribution in [3.63, 3.8) is 0 Å². The van der Waals surface area contributed by atoms with Gasteiger partial charge in [0.05, 0.1) is 6.20 Å². The van der Waals surface area contributed by atoms with E-state index in [1.807, 2.05) is 15.8 Å². The Labute approximate surface area is 141 Å². The van der Waals surface area contributed by atoms with Crippen molar-refractivity contribution in [2.75, 3.05) is 19.6 Å². The molecule has 2 heterocycles. The van der Waals surface area contributed by atoms with Crippen molar-refractivity contribution in [3.8, 4) is 0 Å². The lowest BCUT2D eigenvalue weighted by Crippen LogP contribution is -2.46. The van der Waals surface area contributed by atoms with Crippen molar-refractivity contribution in [3.05, 3.63) is 47.8 Å². The van der Waals surface area contributed by atoms with Gasteiger partial charge in [0.15, 0.2) is 0 Å². The Morgan fingerprint density at radius 2 is 2.08 bits per heavy atom. The van der Waals surface area contributed by atoms with Crippen LogP contribution in [0.3, 0.4) is 0 Å². The fourth-order valence-electron chi connectivity index (χ4n) is 3.78. The molecule has 2 aliphatic rings. The van der Waals surface area contributed by atoms with Crippen LogP contribution in [0.15, 0.2) is 36.7 Å². The Kier molecular flexibility index (Phi) is 4.19. The van der Waals surface area contributed by atoms with E-state index < -0.39 is 0 Å². The summed E-state index contributed by atoms with van der Waals surface area (Å²) in [6.07, 6.45) is 6.74. The first-order valence-electron chi connectivity index (χ1n) is 8.74. The van der Waals surface area contributed by atoms with E-state index in [0.717, 1.165) is 45.4 Å². The fourth-order valence-corrected chi connectivity index (χ4v) is 3.78. The maximum atomic E-state index is 12.4. The first-order chi connectivity index (χ1) is 11.8. The van der Waals surface area contributed by atoms with Gasteiger partial charge >= 0.3 is 6.03 Å². The van der Waals surface area contributed by atoms with Crippen LogP contribution in [0, 0.1) is 5.92 Å². The van der Waals surface area contributed by atoms with E-state index >= 15 is 0 Å². The fraction of sp³-hybridized carbons (Fsp3) is 0.500. The number of nitrogens with one attached hydrogen (secondary N) is 1. The van der Waals surface area contributed by atoms with Crippen molar-refractivity contribution in [2.45, 2.75) is 31.7 Å². The number of hydrogen-bond acceptors (Lipinski definition) is 3. The maximum Gasteiger partial charge on any atom is 0.317 e. The van der Waals surface area contributed by atoms with Gasteiger partial charge in [-0.25, -0.2) is 4.79 Å². The van der Waals surface area contributed by atoms with Crippen molar-refractivity contribution >= 4 is 6.03 Å². The Balaban J connectivity index is 1.21. The van der Waals surface area contributed by atoms with E-state index in [1.54, 1.807) is 6.20 Å². The highest BCUT2D eigenvalue weighted by Crippen LogP contribution is 2.34. The summed E-state index contributed by atoms with van der Waals surface area (Å²) >= 11 is 0. The Hall–Kier alpha value is -2.37. The molecule has 1 N–H and O–H groups in total. The van der Waals surface area contributed by atoms with Crippen LogP contribution < -0.4 is 5.32 Å². The second-order valence-electron chi connectivity index (χ2n) is 6.84. The van der Waals surface area contributed by atoms with Crippen molar-refractivity contribution < 1.29 is 4.79 Å². The number of piperidine rings is 1. The molecule has 24 heavy (non-hydrogen) atoms. The van der Waals surface area contributed by atoms with Gasteiger partial charge in [0.2, 0.25) is 0 Å². The highest BCUT2D eigenvalue weighted by atomic mass is 16.2. The number of rotatable bonds is 4. The number of carbonyl (C=O) groups is 1. The molecule has 0 saturated carbocycles. The molecule has 1 aromatic carbocycles. The Morgan fingerprint density at radius 3 is 2.83 bits per heavy atom. The molecule has 1 aromatic heterocycles. The zero-order valence-electron chi connectivity index (χ0n) is 13.8. The average Bonchev–Trinajstić information content (AvgIpc) is 3.09. The van der Waals surface area contributed by atoms with Crippen molar-refractivity contribution in [1.29, 1.82) is 0 Å². The van der Waals surface area contributed by atoms with Gasteiger partial charge in [-0.2, -0.15) is 0 Å². The summed E-state index contributed by atoms with van der Waals surface area (Å²) in [5.41, 5.74) is 2.81. The normalized spacial score (nSPS) is 20.3. The third-order valence-corrected chi connectivity index (χ3v) is 5.28. The van der Waals surface area contributed by atoms with Crippen LogP contribution in [0.5, 0.6) is 0 Å². The Bertz CT molecular complexity index is 691. The minimum atomic E-state index is 0.0820. The monoisotopic (exact) mass is 325 g/mol. The molecule has 6 nitrogen and oxygen atoms in total. The quantitative estimate of drug-likeness (QED) is 0.936. The molecule has 0 bridgehead atoms. The van der Waals surface area contributed by atoms with E-state index in [-0.39, 0.29) is 6.03 Å². The molecule has 0 radical (unpaired) electrons. The largest absolute Gasteiger partial charge is 0.337 e. The molecule has 2 aromatic rings. The van der Waals surface area contributed by atoms with Gasteiger partial charge in [-0.3, -0.25) is 4.68 Å². The molecule has 0 unspecified atom stereocenters. The molecule has 1 saturated heterocycles. The highest BCUT2D eigenvalue weighted by molar-refractivity contribution is 5.74. The molecule has 126 valence electrons. The molecule has 1 aliphatic heterocycles. The number of nitrogens with zero attached hydrogens (tertiary/aromatic N) is 4. The second kappa shape index (κ2) is 6.63. The predicted molar refractivity (Wildman–Crippen MR) is 90.6 cm³/mol. The highest BCUT2D eigenvalue weighted by Gasteiger charge is 2.27. The van der Waals surface area contributed by atoms with Gasteiger partial charge < -0.3 is 10.2 Å². The van der Waals surface area contributed by atoms with Gasteiger partial charge in [-0.15, -0.1) is 5.10 Å². The van der Waals surface area contributed by atoms with Crippen molar-refractivity contribution in [1.82, 2.24) is 25.2 Å². The maximum absolute atomic E-state index is 12.4. The molecule has 6 heteroatoms. The number of likely N-dealkylation sites (tertiary alicyclic amines) is 1. The minimum absolute atomic E-state index is 0.0820. The summed E-state index contributed by atoms with van der Waals surface area (Å²) in [4.78, 5) is 14.3. The predicted octanol–water partition coefficient (Wildman–Crippen LogP) is 2.04. The van der Waals surface area contributed by atoms with Gasteiger partial charge in [0.25, 0.3) is 0 Å². The molecule has 1 atom stereocenters. The van der Waals surface area contributed by atoms with E-state index in [2.05, 4.69) is 39.9 Å². The molecular weight excluding hydrogens is 302 g/mol. The van der Waals surface area contributed by atoms with E-state index in [4.69, 9.17) is 0 Å². The van der Waals surface area contributed by atoms with Crippen molar-refractivity contribution in [2.24, 2.45) is 5.92 Å². The SMILES string of the molecule is O=C(NC[C@@H]1Cc2ccccc21)N1CCC(Cn2ccnn2)CC1. The first kappa shape index (κ1) is 15.2. The molecule has 2 amide bonds. The number of carbonyl (C=O) groups excluding carboxylic acids is 1. The molecule has 1 fully saturated rings. The lowest BCUT2D eigenvalue weighted by Gasteiger charge is -2.34. The number of benzene rings is 1. The zero-order valence-corrected chi connectivity index (χ0v) is 13.8. The van der Waals surface area contributed by atoms with E-state index in [0.29, 0.717) is 11.8 Å². The third-order valence-electron chi connectivity index (χ3n) is 5.28. The molecule has 4 rings (SSSR count). The molecule has 0 spiro atoms. The van der Waals surface area contributed by atoms with Gasteiger partial charge in [0.1, 0.15) is 0 Å². The van der Waals surface area contributed by atoms with E-state index in [9.17, 15) is 4.79 Å². The second-order valence-corrected chi connectivity index (χ2v) is 6.84. The Morgan fingerprint density at radius 1 is 1.25 bits per heavy atom. The van der Waals surface area contributed by atoms with Crippen LogP contribution >= 0.6 is 0 Å². The van der Waals surface area contributed by atoms with Crippen LogP contribution in [0.1, 0.15) is 29.9 Å². The molecular formula is C18H23N5O. The summed E-state index contributed by atoms with van der Waals surface area (Å²) in [5, 5.41) is 11.0. The lowest BCUT2D eigenvalue weighted by atomic mass is 9.78. The molecule has 1 aliphatic carbocycles. The average molecular weight is 325 g/mol. The van der Waals surface area contributed by atoms with Gasteiger partial charge in [-0.1, -0.05) is 29.5 Å². The number of fused-ring (bicyclic) bond motifs is 1. The third kappa shape index (κ3) is 3.13. The van der Waals surface area contributed by atoms with Crippen LogP contribution in [0.4, 0.5) is 4.79 Å². The first-order valence-corrected chi connectivity index (χ1v) is 8.74. The number of hydrogen-bond donors (Lipinski definition) is 1. The lowest BCUT2D eigenvalue weighted by molar-refractivity contribution is 0.163. The summed E-state index contributed by atoms with van der Waals surface area (Å²) in [6.45, 7) is 3.29. The van der Waals surface area contributed by atoms with Gasteiger partial charge in [0, 0.05) is 38.3 Å².